The number of nitrogens with one attached hydrogen (secondary N) is 1. The van der Waals surface area contributed by atoms with E-state index in [1.54, 1.807) is 18.3 Å². The zero-order valence-electron chi connectivity index (χ0n) is 14.6. The van der Waals surface area contributed by atoms with E-state index in [0.29, 0.717) is 17.8 Å². The number of benzene rings is 1. The molecule has 0 aliphatic heterocycles. The summed E-state index contributed by atoms with van der Waals surface area (Å²) in [5.74, 6) is -0.151. The van der Waals surface area contributed by atoms with Crippen LogP contribution in [0.1, 0.15) is 35.5 Å². The van der Waals surface area contributed by atoms with E-state index in [1.165, 1.54) is 5.56 Å². The smallest absolute Gasteiger partial charge is 0.255 e. The van der Waals surface area contributed by atoms with Gasteiger partial charge in [0.05, 0.1) is 5.69 Å². The summed E-state index contributed by atoms with van der Waals surface area (Å²) in [7, 11) is 0. The topological polar surface area (TPSA) is 71.2 Å². The number of halogens is 2. The third kappa shape index (κ3) is 7.00. The van der Waals surface area contributed by atoms with Gasteiger partial charge >= 0.3 is 0 Å². The summed E-state index contributed by atoms with van der Waals surface area (Å²) in [6.45, 7) is 7.50. The quantitative estimate of drug-likeness (QED) is 0.766. The molecular formula is C18H26Cl2N4O. The maximum atomic E-state index is 12.3. The number of nitrogens with two attached hydrogens (primary N) is 1. The lowest BCUT2D eigenvalue weighted by molar-refractivity contribution is 0.102. The number of carbonyl (C=O) groups is 1. The van der Waals surface area contributed by atoms with Crippen LogP contribution in [0.2, 0.25) is 0 Å². The van der Waals surface area contributed by atoms with Gasteiger partial charge in [-0.2, -0.15) is 0 Å². The average molecular weight is 385 g/mol. The van der Waals surface area contributed by atoms with E-state index in [1.807, 2.05) is 18.2 Å². The first kappa shape index (κ1) is 23.3. The van der Waals surface area contributed by atoms with E-state index in [4.69, 9.17) is 5.73 Å². The fourth-order valence-electron chi connectivity index (χ4n) is 2.39. The molecule has 1 amide bonds. The lowest BCUT2D eigenvalue weighted by atomic mass is 10.1. The second-order valence-corrected chi connectivity index (χ2v) is 5.36. The van der Waals surface area contributed by atoms with Crippen LogP contribution >= 0.6 is 24.8 Å². The van der Waals surface area contributed by atoms with Crippen LogP contribution in [0.25, 0.3) is 0 Å². The number of hydrogen-bond acceptors (Lipinski definition) is 4. The summed E-state index contributed by atoms with van der Waals surface area (Å²) in [6.07, 6.45) is 1.61. The maximum Gasteiger partial charge on any atom is 0.255 e. The lowest BCUT2D eigenvalue weighted by Crippen LogP contribution is -2.22. The fraction of sp³-hybridized carbons (Fsp3) is 0.333. The summed E-state index contributed by atoms with van der Waals surface area (Å²) < 4.78 is 0. The van der Waals surface area contributed by atoms with Crippen molar-refractivity contribution in [3.05, 3.63) is 59.4 Å². The van der Waals surface area contributed by atoms with E-state index < -0.39 is 0 Å². The van der Waals surface area contributed by atoms with Gasteiger partial charge in [0.2, 0.25) is 0 Å². The normalized spacial score (nSPS) is 9.92. The van der Waals surface area contributed by atoms with E-state index in [2.05, 4.69) is 35.1 Å². The van der Waals surface area contributed by atoms with Crippen molar-refractivity contribution in [2.75, 3.05) is 18.4 Å². The summed E-state index contributed by atoms with van der Waals surface area (Å²) in [5.41, 5.74) is 8.81. The highest BCUT2D eigenvalue weighted by Gasteiger charge is 2.08. The molecule has 0 saturated heterocycles. The maximum absolute atomic E-state index is 12.3. The van der Waals surface area contributed by atoms with Gasteiger partial charge in [0.1, 0.15) is 0 Å². The first-order valence-electron chi connectivity index (χ1n) is 7.93. The second kappa shape index (κ2) is 11.8. The lowest BCUT2D eigenvalue weighted by Gasteiger charge is -2.18. The zero-order valence-corrected chi connectivity index (χ0v) is 16.2. The Morgan fingerprint density at radius 3 is 2.52 bits per heavy atom. The van der Waals surface area contributed by atoms with Gasteiger partial charge in [-0.05, 0) is 42.9 Å². The van der Waals surface area contributed by atoms with Gasteiger partial charge in [-0.1, -0.05) is 26.0 Å². The van der Waals surface area contributed by atoms with Crippen molar-refractivity contribution in [1.29, 1.82) is 0 Å². The van der Waals surface area contributed by atoms with Crippen LogP contribution < -0.4 is 11.1 Å². The molecule has 7 heteroatoms. The molecule has 0 unspecified atom stereocenters. The average Bonchev–Trinajstić information content (AvgIpc) is 2.60. The van der Waals surface area contributed by atoms with Crippen molar-refractivity contribution in [2.45, 2.75) is 26.9 Å². The molecule has 1 heterocycles. The Balaban J connectivity index is 0.00000288. The Hall–Kier alpha value is -1.66. The molecular weight excluding hydrogens is 359 g/mol. The van der Waals surface area contributed by atoms with Gasteiger partial charge in [0.15, 0.2) is 0 Å². The van der Waals surface area contributed by atoms with E-state index in [-0.39, 0.29) is 30.7 Å². The van der Waals surface area contributed by atoms with Crippen LogP contribution in [-0.4, -0.2) is 28.9 Å². The molecule has 0 atom stereocenters. The largest absolute Gasteiger partial charge is 0.325 e. The minimum absolute atomic E-state index is 0. The van der Waals surface area contributed by atoms with Crippen molar-refractivity contribution in [2.24, 2.45) is 5.73 Å². The summed E-state index contributed by atoms with van der Waals surface area (Å²) >= 11 is 0. The van der Waals surface area contributed by atoms with E-state index in [0.717, 1.165) is 25.3 Å². The highest BCUT2D eigenvalue weighted by Crippen LogP contribution is 2.14. The van der Waals surface area contributed by atoms with Crippen LogP contribution in [0.4, 0.5) is 5.69 Å². The van der Waals surface area contributed by atoms with Crippen molar-refractivity contribution in [1.82, 2.24) is 9.88 Å². The molecule has 0 aliphatic carbocycles. The van der Waals surface area contributed by atoms with Crippen LogP contribution in [0, 0.1) is 0 Å². The molecule has 3 N–H and O–H groups in total. The minimum atomic E-state index is -0.151. The number of rotatable bonds is 7. The molecule has 25 heavy (non-hydrogen) atoms. The number of hydrogen-bond donors (Lipinski definition) is 2. The predicted molar refractivity (Wildman–Crippen MR) is 108 cm³/mol. The number of carbonyl (C=O) groups excluding carboxylic acids is 1. The number of anilines is 1. The van der Waals surface area contributed by atoms with Crippen molar-refractivity contribution < 1.29 is 4.79 Å². The highest BCUT2D eigenvalue weighted by atomic mass is 35.5. The first-order valence-corrected chi connectivity index (χ1v) is 7.93. The molecule has 2 rings (SSSR count). The van der Waals surface area contributed by atoms with Crippen molar-refractivity contribution >= 4 is 36.4 Å². The Labute approximate surface area is 161 Å². The third-order valence-corrected chi connectivity index (χ3v) is 3.77. The van der Waals surface area contributed by atoms with Crippen LogP contribution in [-0.2, 0) is 13.1 Å². The van der Waals surface area contributed by atoms with Gasteiger partial charge in [0, 0.05) is 30.5 Å². The SMILES string of the molecule is CCN(CC)Cc1cccc(NC(=O)c2ccnc(CN)c2)c1.Cl.Cl. The van der Waals surface area contributed by atoms with Crippen LogP contribution in [0.15, 0.2) is 42.6 Å². The molecule has 0 radical (unpaired) electrons. The monoisotopic (exact) mass is 384 g/mol. The molecule has 2 aromatic rings. The molecule has 0 aliphatic rings. The number of pyridine rings is 1. The molecule has 0 spiro atoms. The van der Waals surface area contributed by atoms with Crippen LogP contribution in [0.3, 0.4) is 0 Å². The Kier molecular flexibility index (Phi) is 11.0. The molecule has 1 aromatic heterocycles. The molecule has 0 fully saturated rings. The summed E-state index contributed by atoms with van der Waals surface area (Å²) in [6, 6.07) is 11.4. The Morgan fingerprint density at radius 1 is 1.16 bits per heavy atom. The predicted octanol–water partition coefficient (Wildman–Crippen LogP) is 3.48. The van der Waals surface area contributed by atoms with Gasteiger partial charge in [-0.3, -0.25) is 14.7 Å². The highest BCUT2D eigenvalue weighted by molar-refractivity contribution is 6.04. The second-order valence-electron chi connectivity index (χ2n) is 5.36. The van der Waals surface area contributed by atoms with E-state index in [9.17, 15) is 4.79 Å². The van der Waals surface area contributed by atoms with Crippen molar-refractivity contribution in [3.8, 4) is 0 Å². The summed E-state index contributed by atoms with van der Waals surface area (Å²) in [4.78, 5) is 18.8. The Bertz CT molecular complexity index is 663. The molecule has 0 bridgehead atoms. The molecule has 0 saturated carbocycles. The fourth-order valence-corrected chi connectivity index (χ4v) is 2.39. The van der Waals surface area contributed by atoms with Crippen molar-refractivity contribution in [3.63, 3.8) is 0 Å². The number of aromatic nitrogens is 1. The molecule has 5 nitrogen and oxygen atoms in total. The first-order chi connectivity index (χ1) is 11.2. The standard InChI is InChI=1S/C18H24N4O.2ClH/c1-3-22(4-2)13-14-6-5-7-16(10-14)21-18(23)15-8-9-20-17(11-15)12-19;;/h5-11H,3-4,12-13,19H2,1-2H3,(H,21,23);2*1H. The third-order valence-electron chi connectivity index (χ3n) is 3.77. The molecule has 138 valence electrons. The summed E-state index contributed by atoms with van der Waals surface area (Å²) in [5, 5.41) is 2.93. The number of nitrogens with zero attached hydrogens (tertiary/aromatic N) is 2. The minimum Gasteiger partial charge on any atom is -0.325 e. The molecule has 1 aromatic carbocycles. The number of amides is 1. The zero-order chi connectivity index (χ0) is 16.7. The van der Waals surface area contributed by atoms with Gasteiger partial charge < -0.3 is 11.1 Å². The van der Waals surface area contributed by atoms with Gasteiger partial charge in [-0.25, -0.2) is 0 Å². The Morgan fingerprint density at radius 2 is 1.88 bits per heavy atom. The van der Waals surface area contributed by atoms with E-state index >= 15 is 0 Å². The van der Waals surface area contributed by atoms with Gasteiger partial charge in [-0.15, -0.1) is 24.8 Å². The van der Waals surface area contributed by atoms with Gasteiger partial charge in [0.25, 0.3) is 5.91 Å². The van der Waals surface area contributed by atoms with Crippen LogP contribution in [0.5, 0.6) is 0 Å².